The molecule has 0 aromatic carbocycles. The van der Waals surface area contributed by atoms with E-state index in [0.717, 1.165) is 28.8 Å². The Morgan fingerprint density at radius 2 is 2.00 bits per heavy atom. The van der Waals surface area contributed by atoms with E-state index < -0.39 is 0 Å². The predicted octanol–water partition coefficient (Wildman–Crippen LogP) is 3.32. The van der Waals surface area contributed by atoms with Crippen molar-refractivity contribution in [3.05, 3.63) is 11.9 Å². The second-order valence-electron chi connectivity index (χ2n) is 4.76. The maximum atomic E-state index is 4.60. The number of hydrogen-bond acceptors (Lipinski definition) is 4. The SMILES string of the molecule is CCCSc1cc(NC)nc(C(C)(C)C)n1. The summed E-state index contributed by atoms with van der Waals surface area (Å²) in [6.45, 7) is 8.58. The molecule has 4 heteroatoms. The van der Waals surface area contributed by atoms with Gasteiger partial charge < -0.3 is 5.32 Å². The van der Waals surface area contributed by atoms with Crippen molar-refractivity contribution in [1.29, 1.82) is 0 Å². The van der Waals surface area contributed by atoms with Gasteiger partial charge in [-0.05, 0) is 12.2 Å². The molecule has 0 aliphatic rings. The van der Waals surface area contributed by atoms with Gasteiger partial charge in [-0.1, -0.05) is 27.7 Å². The van der Waals surface area contributed by atoms with Crippen LogP contribution in [0.4, 0.5) is 5.82 Å². The minimum absolute atomic E-state index is 0.00557. The van der Waals surface area contributed by atoms with Crippen LogP contribution in [0, 0.1) is 0 Å². The highest BCUT2D eigenvalue weighted by atomic mass is 32.2. The quantitative estimate of drug-likeness (QED) is 0.646. The first-order valence-corrected chi connectivity index (χ1v) is 6.66. The van der Waals surface area contributed by atoms with E-state index in [1.807, 2.05) is 13.1 Å². The largest absolute Gasteiger partial charge is 0.373 e. The molecule has 1 heterocycles. The van der Waals surface area contributed by atoms with Crippen LogP contribution in [0.25, 0.3) is 0 Å². The molecule has 1 rings (SSSR count). The Balaban J connectivity index is 3.01. The van der Waals surface area contributed by atoms with E-state index in [0.29, 0.717) is 0 Å². The lowest BCUT2D eigenvalue weighted by atomic mass is 9.96. The molecule has 0 unspecified atom stereocenters. The summed E-state index contributed by atoms with van der Waals surface area (Å²) in [7, 11) is 1.89. The first-order chi connectivity index (χ1) is 7.47. The molecule has 0 aliphatic heterocycles. The van der Waals surface area contributed by atoms with E-state index in [9.17, 15) is 0 Å². The number of aromatic nitrogens is 2. The zero-order valence-electron chi connectivity index (χ0n) is 10.8. The molecule has 3 nitrogen and oxygen atoms in total. The number of nitrogens with zero attached hydrogens (tertiary/aromatic N) is 2. The van der Waals surface area contributed by atoms with Crippen LogP contribution in [0.15, 0.2) is 11.1 Å². The fourth-order valence-corrected chi connectivity index (χ4v) is 1.93. The first-order valence-electron chi connectivity index (χ1n) is 5.67. The monoisotopic (exact) mass is 239 g/mol. The van der Waals surface area contributed by atoms with E-state index in [1.54, 1.807) is 11.8 Å². The summed E-state index contributed by atoms with van der Waals surface area (Å²) in [4.78, 5) is 9.10. The Morgan fingerprint density at radius 1 is 1.31 bits per heavy atom. The van der Waals surface area contributed by atoms with E-state index in [2.05, 4.69) is 43.0 Å². The van der Waals surface area contributed by atoms with E-state index in [-0.39, 0.29) is 5.41 Å². The van der Waals surface area contributed by atoms with Gasteiger partial charge in [-0.25, -0.2) is 9.97 Å². The Bertz CT molecular complexity index is 345. The molecule has 1 aromatic heterocycles. The van der Waals surface area contributed by atoms with Crippen LogP contribution in [0.3, 0.4) is 0 Å². The van der Waals surface area contributed by atoms with Crippen LogP contribution in [0.5, 0.6) is 0 Å². The third-order valence-corrected chi connectivity index (χ3v) is 3.20. The Morgan fingerprint density at radius 3 is 2.50 bits per heavy atom. The second-order valence-corrected chi connectivity index (χ2v) is 5.88. The number of thioether (sulfide) groups is 1. The maximum absolute atomic E-state index is 4.60. The van der Waals surface area contributed by atoms with E-state index in [4.69, 9.17) is 0 Å². The van der Waals surface area contributed by atoms with Crippen LogP contribution in [0.2, 0.25) is 0 Å². The molecular formula is C12H21N3S. The average Bonchev–Trinajstić information content (AvgIpc) is 2.24. The summed E-state index contributed by atoms with van der Waals surface area (Å²) < 4.78 is 0. The lowest BCUT2D eigenvalue weighted by Gasteiger charge is -2.18. The van der Waals surface area contributed by atoms with Crippen LogP contribution in [-0.4, -0.2) is 22.8 Å². The van der Waals surface area contributed by atoms with Crippen LogP contribution >= 0.6 is 11.8 Å². The lowest BCUT2D eigenvalue weighted by Crippen LogP contribution is -2.17. The highest BCUT2D eigenvalue weighted by molar-refractivity contribution is 7.99. The maximum Gasteiger partial charge on any atom is 0.137 e. The number of rotatable bonds is 4. The summed E-state index contributed by atoms with van der Waals surface area (Å²) in [6, 6.07) is 2.01. The smallest absolute Gasteiger partial charge is 0.137 e. The molecule has 16 heavy (non-hydrogen) atoms. The van der Waals surface area contributed by atoms with Gasteiger partial charge in [0.2, 0.25) is 0 Å². The molecule has 0 spiro atoms. The number of nitrogens with one attached hydrogen (secondary N) is 1. The van der Waals surface area contributed by atoms with Crippen LogP contribution in [0.1, 0.15) is 39.9 Å². The molecule has 0 atom stereocenters. The van der Waals surface area contributed by atoms with Gasteiger partial charge >= 0.3 is 0 Å². The fourth-order valence-electron chi connectivity index (χ4n) is 1.17. The summed E-state index contributed by atoms with van der Waals surface area (Å²) in [6.07, 6.45) is 1.16. The highest BCUT2D eigenvalue weighted by Gasteiger charge is 2.18. The van der Waals surface area contributed by atoms with Crippen molar-refractivity contribution in [2.45, 2.75) is 44.6 Å². The van der Waals surface area contributed by atoms with Gasteiger partial charge in [0.05, 0.1) is 0 Å². The standard InChI is InChI=1S/C12H21N3S/c1-6-7-16-10-8-9(13-5)14-11(15-10)12(2,3)4/h8H,6-7H2,1-5H3,(H,13,14,15). The topological polar surface area (TPSA) is 37.8 Å². The van der Waals surface area contributed by atoms with Gasteiger partial charge in [-0.15, -0.1) is 11.8 Å². The Kier molecular flexibility index (Phi) is 4.59. The van der Waals surface area contributed by atoms with Crippen LogP contribution in [-0.2, 0) is 5.41 Å². The van der Waals surface area contributed by atoms with Gasteiger partial charge in [-0.2, -0.15) is 0 Å². The summed E-state index contributed by atoms with van der Waals surface area (Å²) in [5.41, 5.74) is -0.00557. The summed E-state index contributed by atoms with van der Waals surface area (Å²) in [5.74, 6) is 2.90. The third kappa shape index (κ3) is 3.67. The number of hydrogen-bond donors (Lipinski definition) is 1. The predicted molar refractivity (Wildman–Crippen MR) is 71.3 cm³/mol. The molecule has 90 valence electrons. The lowest BCUT2D eigenvalue weighted by molar-refractivity contribution is 0.539. The second kappa shape index (κ2) is 5.53. The summed E-state index contributed by atoms with van der Waals surface area (Å²) >= 11 is 1.79. The van der Waals surface area contributed by atoms with Gasteiger partial charge in [0.15, 0.2) is 0 Å². The normalized spacial score (nSPS) is 11.6. The molecule has 0 aliphatic carbocycles. The Labute approximate surface area is 102 Å². The molecule has 0 amide bonds. The zero-order chi connectivity index (χ0) is 12.2. The first kappa shape index (κ1) is 13.3. The fraction of sp³-hybridized carbons (Fsp3) is 0.667. The van der Waals surface area contributed by atoms with Crippen molar-refractivity contribution in [3.8, 4) is 0 Å². The van der Waals surface area contributed by atoms with Crippen molar-refractivity contribution in [3.63, 3.8) is 0 Å². The van der Waals surface area contributed by atoms with Crippen molar-refractivity contribution in [2.75, 3.05) is 18.1 Å². The molecule has 0 saturated heterocycles. The zero-order valence-corrected chi connectivity index (χ0v) is 11.6. The summed E-state index contributed by atoms with van der Waals surface area (Å²) in [5, 5.41) is 4.15. The van der Waals surface area contributed by atoms with Crippen LogP contribution < -0.4 is 5.32 Å². The van der Waals surface area contributed by atoms with Crippen molar-refractivity contribution in [2.24, 2.45) is 0 Å². The molecule has 0 fully saturated rings. The minimum atomic E-state index is -0.00557. The molecular weight excluding hydrogens is 218 g/mol. The third-order valence-electron chi connectivity index (χ3n) is 2.08. The van der Waals surface area contributed by atoms with Crippen molar-refractivity contribution >= 4 is 17.6 Å². The van der Waals surface area contributed by atoms with E-state index >= 15 is 0 Å². The number of anilines is 1. The van der Waals surface area contributed by atoms with Gasteiger partial charge in [0, 0.05) is 18.5 Å². The molecule has 0 radical (unpaired) electrons. The Hall–Kier alpha value is -0.770. The molecule has 0 saturated carbocycles. The van der Waals surface area contributed by atoms with Gasteiger partial charge in [-0.3, -0.25) is 0 Å². The van der Waals surface area contributed by atoms with Crippen molar-refractivity contribution in [1.82, 2.24) is 9.97 Å². The average molecular weight is 239 g/mol. The molecule has 1 N–H and O–H groups in total. The molecule has 0 bridgehead atoms. The van der Waals surface area contributed by atoms with Gasteiger partial charge in [0.1, 0.15) is 16.7 Å². The minimum Gasteiger partial charge on any atom is -0.373 e. The highest BCUT2D eigenvalue weighted by Crippen LogP contribution is 2.24. The molecule has 1 aromatic rings. The van der Waals surface area contributed by atoms with E-state index in [1.165, 1.54) is 0 Å². The van der Waals surface area contributed by atoms with Gasteiger partial charge in [0.25, 0.3) is 0 Å². The van der Waals surface area contributed by atoms with Crippen molar-refractivity contribution < 1.29 is 0 Å².